The molecule has 0 aliphatic rings. The highest BCUT2D eigenvalue weighted by atomic mass is 16.4. The number of amides is 3. The first-order chi connectivity index (χ1) is 14.3. The molecule has 0 spiro atoms. The molecule has 178 valence electrons. The number of hydrogen-bond acceptors (Lipinski definition) is 7. The van der Waals surface area contributed by atoms with Crippen LogP contribution in [0.5, 0.6) is 0 Å². The van der Waals surface area contributed by atoms with Crippen LogP contribution in [-0.2, 0) is 24.0 Å². The highest BCUT2D eigenvalue weighted by Crippen LogP contribution is 2.11. The van der Waals surface area contributed by atoms with Gasteiger partial charge in [-0.3, -0.25) is 19.2 Å². The summed E-state index contributed by atoms with van der Waals surface area (Å²) in [4.78, 5) is 59.6. The van der Waals surface area contributed by atoms with E-state index in [-0.39, 0.29) is 12.3 Å². The number of carboxylic acid groups (broad SMARTS) is 2. The lowest BCUT2D eigenvalue weighted by Crippen LogP contribution is -2.59. The second-order valence-corrected chi connectivity index (χ2v) is 7.85. The largest absolute Gasteiger partial charge is 0.481 e. The molecule has 0 heterocycles. The number of rotatable bonds is 14. The second kappa shape index (κ2) is 13.5. The first kappa shape index (κ1) is 28.3. The van der Waals surface area contributed by atoms with E-state index in [1.807, 2.05) is 13.8 Å². The van der Waals surface area contributed by atoms with Gasteiger partial charge in [0.05, 0.1) is 13.0 Å². The number of nitrogens with two attached hydrogens (primary N) is 1. The van der Waals surface area contributed by atoms with Crippen LogP contribution in [0.4, 0.5) is 0 Å². The van der Waals surface area contributed by atoms with Crippen LogP contribution in [0.3, 0.4) is 0 Å². The lowest BCUT2D eigenvalue weighted by atomic mass is 9.96. The van der Waals surface area contributed by atoms with Gasteiger partial charge in [0.15, 0.2) is 0 Å². The Morgan fingerprint density at radius 3 is 1.84 bits per heavy atom. The zero-order valence-corrected chi connectivity index (χ0v) is 18.3. The van der Waals surface area contributed by atoms with Crippen LogP contribution in [-0.4, -0.2) is 75.8 Å². The number of aliphatic carboxylic acids is 2. The van der Waals surface area contributed by atoms with Crippen molar-refractivity contribution in [2.24, 2.45) is 17.6 Å². The van der Waals surface area contributed by atoms with Crippen LogP contribution in [0.15, 0.2) is 0 Å². The Bertz CT molecular complexity index is 655. The monoisotopic (exact) mass is 446 g/mol. The van der Waals surface area contributed by atoms with E-state index >= 15 is 0 Å². The van der Waals surface area contributed by atoms with E-state index in [0.29, 0.717) is 6.42 Å². The molecule has 0 aromatic rings. The van der Waals surface area contributed by atoms with Crippen LogP contribution in [0.25, 0.3) is 0 Å². The lowest BCUT2D eigenvalue weighted by Gasteiger charge is -2.28. The van der Waals surface area contributed by atoms with Crippen molar-refractivity contribution in [1.82, 2.24) is 16.0 Å². The predicted molar refractivity (Wildman–Crippen MR) is 110 cm³/mol. The Kier molecular flexibility index (Phi) is 12.4. The summed E-state index contributed by atoms with van der Waals surface area (Å²) in [5, 5.41) is 34.1. The van der Waals surface area contributed by atoms with Crippen molar-refractivity contribution in [1.29, 1.82) is 0 Å². The number of aliphatic hydroxyl groups excluding tert-OH is 1. The molecule has 0 saturated heterocycles. The van der Waals surface area contributed by atoms with Gasteiger partial charge >= 0.3 is 11.9 Å². The summed E-state index contributed by atoms with van der Waals surface area (Å²) in [5.41, 5.74) is 5.48. The molecule has 0 aliphatic heterocycles. The topological polar surface area (TPSA) is 208 Å². The first-order valence-electron chi connectivity index (χ1n) is 10.1. The van der Waals surface area contributed by atoms with E-state index < -0.39 is 72.8 Å². The molecule has 0 aliphatic carbocycles. The summed E-state index contributed by atoms with van der Waals surface area (Å²) in [5.74, 6) is -5.62. The average molecular weight is 447 g/mol. The molecule has 0 saturated carbocycles. The number of carbonyl (C=O) groups excluding carboxylic acids is 3. The van der Waals surface area contributed by atoms with Gasteiger partial charge in [-0.2, -0.15) is 0 Å². The van der Waals surface area contributed by atoms with Crippen molar-refractivity contribution >= 4 is 29.7 Å². The zero-order valence-electron chi connectivity index (χ0n) is 18.3. The molecule has 12 nitrogen and oxygen atoms in total. The van der Waals surface area contributed by atoms with Gasteiger partial charge in [0.1, 0.15) is 24.2 Å². The predicted octanol–water partition coefficient (Wildman–Crippen LogP) is -1.59. The van der Waals surface area contributed by atoms with Gasteiger partial charge in [-0.25, -0.2) is 4.79 Å². The average Bonchev–Trinajstić information content (AvgIpc) is 2.68. The second-order valence-electron chi connectivity index (χ2n) is 7.85. The van der Waals surface area contributed by atoms with Gasteiger partial charge in [0.2, 0.25) is 17.7 Å². The Hall–Kier alpha value is -2.73. The van der Waals surface area contributed by atoms with E-state index in [9.17, 15) is 24.0 Å². The van der Waals surface area contributed by atoms with E-state index in [2.05, 4.69) is 16.0 Å². The minimum absolute atomic E-state index is 0.00997. The van der Waals surface area contributed by atoms with Crippen molar-refractivity contribution < 1.29 is 39.3 Å². The SMILES string of the molecule is CCC(C)C(NC(=O)C(CC(C)C)NC(=O)C(N)CO)C(=O)NC(CC(=O)O)C(=O)O. The van der Waals surface area contributed by atoms with E-state index in [1.54, 1.807) is 13.8 Å². The zero-order chi connectivity index (χ0) is 24.3. The van der Waals surface area contributed by atoms with E-state index in [4.69, 9.17) is 21.1 Å². The molecule has 12 heteroatoms. The van der Waals surface area contributed by atoms with Gasteiger partial charge in [0, 0.05) is 0 Å². The van der Waals surface area contributed by atoms with Gasteiger partial charge in [-0.05, 0) is 18.3 Å². The molecule has 0 aromatic carbocycles. The van der Waals surface area contributed by atoms with Crippen molar-refractivity contribution in [2.75, 3.05) is 6.61 Å². The van der Waals surface area contributed by atoms with Crippen LogP contribution in [0.2, 0.25) is 0 Å². The molecule has 5 atom stereocenters. The molecule has 0 radical (unpaired) electrons. The quantitative estimate of drug-likeness (QED) is 0.164. The number of nitrogens with one attached hydrogen (secondary N) is 3. The Morgan fingerprint density at radius 1 is 0.871 bits per heavy atom. The highest BCUT2D eigenvalue weighted by Gasteiger charge is 2.33. The normalized spacial score (nSPS) is 15.8. The fourth-order valence-corrected chi connectivity index (χ4v) is 2.66. The van der Waals surface area contributed by atoms with Crippen molar-refractivity contribution in [3.05, 3.63) is 0 Å². The standard InChI is InChI=1S/C19H34N4O8/c1-5-10(4)15(18(29)22-13(19(30)31)7-14(25)26)23-17(28)12(6-9(2)3)21-16(27)11(20)8-24/h9-13,15,24H,5-8,20H2,1-4H3,(H,21,27)(H,22,29)(H,23,28)(H,25,26)(H,30,31). The van der Waals surface area contributed by atoms with Crippen molar-refractivity contribution in [2.45, 2.75) is 71.1 Å². The van der Waals surface area contributed by atoms with Gasteiger partial charge in [-0.1, -0.05) is 34.1 Å². The lowest BCUT2D eigenvalue weighted by molar-refractivity contribution is -0.147. The maximum absolute atomic E-state index is 12.8. The van der Waals surface area contributed by atoms with Gasteiger partial charge < -0.3 is 37.0 Å². The van der Waals surface area contributed by atoms with E-state index in [0.717, 1.165) is 0 Å². The maximum atomic E-state index is 12.8. The Morgan fingerprint density at radius 2 is 1.42 bits per heavy atom. The summed E-state index contributed by atoms with van der Waals surface area (Å²) in [7, 11) is 0. The molecule has 3 amide bonds. The fraction of sp³-hybridized carbons (Fsp3) is 0.737. The molecule has 0 fully saturated rings. The molecule has 5 unspecified atom stereocenters. The number of carbonyl (C=O) groups is 5. The number of carboxylic acids is 2. The summed E-state index contributed by atoms with van der Waals surface area (Å²) in [6, 6.07) is -5.09. The third-order valence-corrected chi connectivity index (χ3v) is 4.66. The van der Waals surface area contributed by atoms with Crippen LogP contribution >= 0.6 is 0 Å². The minimum atomic E-state index is -1.66. The van der Waals surface area contributed by atoms with Gasteiger partial charge in [0.25, 0.3) is 0 Å². The number of aliphatic hydroxyl groups is 1. The Balaban J connectivity index is 5.54. The highest BCUT2D eigenvalue weighted by molar-refractivity contribution is 5.94. The van der Waals surface area contributed by atoms with Crippen LogP contribution in [0, 0.1) is 11.8 Å². The van der Waals surface area contributed by atoms with Crippen LogP contribution < -0.4 is 21.7 Å². The molecule has 31 heavy (non-hydrogen) atoms. The third-order valence-electron chi connectivity index (χ3n) is 4.66. The molecule has 0 bridgehead atoms. The first-order valence-corrected chi connectivity index (χ1v) is 10.1. The summed E-state index contributed by atoms with van der Waals surface area (Å²) in [6.07, 6.45) is -0.152. The van der Waals surface area contributed by atoms with Crippen LogP contribution in [0.1, 0.15) is 47.0 Å². The molecule has 8 N–H and O–H groups in total. The van der Waals surface area contributed by atoms with Crippen molar-refractivity contribution in [3.63, 3.8) is 0 Å². The molecular weight excluding hydrogens is 412 g/mol. The summed E-state index contributed by atoms with van der Waals surface area (Å²) >= 11 is 0. The molecular formula is C19H34N4O8. The van der Waals surface area contributed by atoms with Crippen molar-refractivity contribution in [3.8, 4) is 0 Å². The summed E-state index contributed by atoms with van der Waals surface area (Å²) < 4.78 is 0. The third kappa shape index (κ3) is 10.2. The maximum Gasteiger partial charge on any atom is 0.326 e. The van der Waals surface area contributed by atoms with Gasteiger partial charge in [-0.15, -0.1) is 0 Å². The Labute approximate surface area is 180 Å². The minimum Gasteiger partial charge on any atom is -0.481 e. The smallest absolute Gasteiger partial charge is 0.326 e. The van der Waals surface area contributed by atoms with E-state index in [1.165, 1.54) is 0 Å². The summed E-state index contributed by atoms with van der Waals surface area (Å²) in [6.45, 7) is 6.45. The number of hydrogen-bond donors (Lipinski definition) is 7. The molecule has 0 aromatic heterocycles. The fourth-order valence-electron chi connectivity index (χ4n) is 2.66. The molecule has 0 rings (SSSR count).